The van der Waals surface area contributed by atoms with E-state index in [-0.39, 0.29) is 23.9 Å². The van der Waals surface area contributed by atoms with Crippen LogP contribution < -0.4 is 15.6 Å². The van der Waals surface area contributed by atoms with Gasteiger partial charge in [-0.15, -0.1) is 0 Å². The second-order valence-electron chi connectivity index (χ2n) is 10.2. The molecule has 4 rings (SSSR count). The molecular formula is C27H27F3N2O6. The van der Waals surface area contributed by atoms with Crippen LogP contribution in [0.2, 0.25) is 0 Å². The van der Waals surface area contributed by atoms with Gasteiger partial charge in [0.1, 0.15) is 35.8 Å². The molecule has 11 heteroatoms. The number of aryl methyl sites for hydroxylation is 1. The van der Waals surface area contributed by atoms with Gasteiger partial charge in [0, 0.05) is 5.39 Å². The van der Waals surface area contributed by atoms with E-state index in [1.165, 1.54) is 16.7 Å². The van der Waals surface area contributed by atoms with Crippen LogP contribution in [-0.4, -0.2) is 40.3 Å². The van der Waals surface area contributed by atoms with Crippen molar-refractivity contribution in [2.24, 2.45) is 0 Å². The number of nitrogens with one attached hydrogen (secondary N) is 1. The number of alkyl halides is 3. The number of amides is 1. The lowest BCUT2D eigenvalue weighted by molar-refractivity contribution is -0.153. The highest BCUT2D eigenvalue weighted by molar-refractivity contribution is 6.04. The first-order valence-corrected chi connectivity index (χ1v) is 11.9. The minimum atomic E-state index is -4.48. The smallest absolute Gasteiger partial charge is 0.416 e. The van der Waals surface area contributed by atoms with Crippen LogP contribution in [0.3, 0.4) is 0 Å². The van der Waals surface area contributed by atoms with Gasteiger partial charge >= 0.3 is 12.1 Å². The summed E-state index contributed by atoms with van der Waals surface area (Å²) in [5, 5.41) is 13.5. The summed E-state index contributed by atoms with van der Waals surface area (Å²) in [6.45, 7) is 6.23. The van der Waals surface area contributed by atoms with Crippen molar-refractivity contribution >= 4 is 22.8 Å². The van der Waals surface area contributed by atoms with E-state index in [0.717, 1.165) is 12.1 Å². The van der Waals surface area contributed by atoms with Gasteiger partial charge in [-0.2, -0.15) is 13.2 Å². The molecule has 38 heavy (non-hydrogen) atoms. The molecule has 0 saturated carbocycles. The highest BCUT2D eigenvalue weighted by Crippen LogP contribution is 2.39. The number of esters is 1. The number of ether oxygens (including phenoxy) is 2. The average Bonchev–Trinajstić information content (AvgIpc) is 2.80. The van der Waals surface area contributed by atoms with Gasteiger partial charge < -0.3 is 19.9 Å². The molecule has 0 radical (unpaired) electrons. The molecule has 0 fully saturated rings. The van der Waals surface area contributed by atoms with Crippen LogP contribution in [0.4, 0.5) is 13.2 Å². The predicted molar refractivity (Wildman–Crippen MR) is 132 cm³/mol. The maximum Gasteiger partial charge on any atom is 0.416 e. The van der Waals surface area contributed by atoms with E-state index in [2.05, 4.69) is 5.32 Å². The third-order valence-electron chi connectivity index (χ3n) is 5.97. The van der Waals surface area contributed by atoms with E-state index >= 15 is 0 Å². The third-order valence-corrected chi connectivity index (χ3v) is 5.97. The molecule has 1 aliphatic rings. The molecule has 0 aliphatic carbocycles. The number of halogens is 3. The lowest BCUT2D eigenvalue weighted by Gasteiger charge is -2.30. The summed E-state index contributed by atoms with van der Waals surface area (Å²) < 4.78 is 51.3. The van der Waals surface area contributed by atoms with Gasteiger partial charge in [-0.3, -0.25) is 19.0 Å². The summed E-state index contributed by atoms with van der Waals surface area (Å²) in [7, 11) is 0. The predicted octanol–water partition coefficient (Wildman–Crippen LogP) is 4.28. The van der Waals surface area contributed by atoms with Gasteiger partial charge in [0.15, 0.2) is 0 Å². The molecule has 8 nitrogen and oxygen atoms in total. The number of rotatable bonds is 5. The Morgan fingerprint density at radius 2 is 1.82 bits per heavy atom. The molecule has 2 aromatic carbocycles. The van der Waals surface area contributed by atoms with Crippen LogP contribution in [0.15, 0.2) is 41.2 Å². The molecule has 2 heterocycles. The fourth-order valence-corrected chi connectivity index (χ4v) is 4.43. The quantitative estimate of drug-likeness (QED) is 0.475. The van der Waals surface area contributed by atoms with Crippen molar-refractivity contribution in [3.8, 4) is 11.5 Å². The van der Waals surface area contributed by atoms with Crippen molar-refractivity contribution in [3.05, 3.63) is 69.0 Å². The van der Waals surface area contributed by atoms with E-state index in [9.17, 15) is 32.7 Å². The zero-order chi connectivity index (χ0) is 28.0. The van der Waals surface area contributed by atoms with Gasteiger partial charge in [0.2, 0.25) is 0 Å². The first kappa shape index (κ1) is 27.0. The minimum absolute atomic E-state index is 0.0101. The van der Waals surface area contributed by atoms with Gasteiger partial charge in [-0.25, -0.2) is 0 Å². The largest absolute Gasteiger partial charge is 0.506 e. The number of benzene rings is 2. The fourth-order valence-electron chi connectivity index (χ4n) is 4.43. The molecule has 0 bridgehead atoms. The third kappa shape index (κ3) is 5.46. The highest BCUT2D eigenvalue weighted by Gasteiger charge is 2.32. The first-order valence-electron chi connectivity index (χ1n) is 11.9. The molecule has 1 aromatic heterocycles. The molecule has 1 unspecified atom stereocenters. The van der Waals surface area contributed by atoms with Gasteiger partial charge in [-0.1, -0.05) is 12.1 Å². The molecule has 202 valence electrons. The fraction of sp³-hybridized carbons (Fsp3) is 0.370. The van der Waals surface area contributed by atoms with Crippen molar-refractivity contribution in [3.63, 3.8) is 0 Å². The second-order valence-corrected chi connectivity index (χ2v) is 10.2. The second kappa shape index (κ2) is 9.70. The van der Waals surface area contributed by atoms with Crippen LogP contribution in [0.1, 0.15) is 53.9 Å². The lowest BCUT2D eigenvalue weighted by Crippen LogP contribution is -2.40. The van der Waals surface area contributed by atoms with Gasteiger partial charge in [-0.05, 0) is 69.5 Å². The zero-order valence-corrected chi connectivity index (χ0v) is 21.2. The zero-order valence-electron chi connectivity index (χ0n) is 21.2. The Kier molecular flexibility index (Phi) is 6.90. The van der Waals surface area contributed by atoms with Crippen molar-refractivity contribution in [2.75, 3.05) is 13.2 Å². The van der Waals surface area contributed by atoms with Crippen LogP contribution in [-0.2, 0) is 22.1 Å². The summed E-state index contributed by atoms with van der Waals surface area (Å²) in [6.07, 6.45) is -4.35. The van der Waals surface area contributed by atoms with E-state index < -0.39 is 58.7 Å². The molecule has 3 aromatic rings. The molecule has 0 saturated heterocycles. The summed E-state index contributed by atoms with van der Waals surface area (Å²) in [4.78, 5) is 38.7. The average molecular weight is 533 g/mol. The summed E-state index contributed by atoms with van der Waals surface area (Å²) in [5.41, 5.74) is -1.46. The Bertz CT molecular complexity index is 1470. The SMILES string of the molecule is Cc1cc2c3c(c1)c(O)c(C(=O)NCC(=O)OC(C)(C)C)c(=O)n3C(Cc1ccc(C(F)(F)F)cc1)CO2. The first-order chi connectivity index (χ1) is 17.7. The molecule has 1 atom stereocenters. The van der Waals surface area contributed by atoms with Crippen LogP contribution in [0, 0.1) is 6.92 Å². The topological polar surface area (TPSA) is 107 Å². The van der Waals surface area contributed by atoms with E-state index in [1.807, 2.05) is 0 Å². The summed E-state index contributed by atoms with van der Waals surface area (Å²) in [6, 6.07) is 7.17. The Hall–Kier alpha value is -4.02. The van der Waals surface area contributed by atoms with Crippen LogP contribution in [0.25, 0.3) is 10.9 Å². The van der Waals surface area contributed by atoms with E-state index in [0.29, 0.717) is 16.9 Å². The highest BCUT2D eigenvalue weighted by atomic mass is 19.4. The molecule has 1 aliphatic heterocycles. The normalized spacial score (nSPS) is 15.2. The Balaban J connectivity index is 1.74. The molecular weight excluding hydrogens is 505 g/mol. The standard InChI is InChI=1S/C27H27F3N2O6/c1-14-9-18-22-19(10-14)37-13-17(11-15-5-7-16(8-6-15)27(28,29)30)32(22)25(36)21(23(18)34)24(35)31-12-20(33)38-26(2,3)4/h5-10,17,34H,11-13H2,1-4H3,(H,31,35). The number of pyridine rings is 1. The number of carbonyl (C=O) groups is 2. The molecule has 2 N–H and O–H groups in total. The molecule has 1 amide bonds. The Morgan fingerprint density at radius 1 is 1.16 bits per heavy atom. The molecule has 0 spiro atoms. The minimum Gasteiger partial charge on any atom is -0.506 e. The van der Waals surface area contributed by atoms with Gasteiger partial charge in [0.05, 0.1) is 17.1 Å². The van der Waals surface area contributed by atoms with Gasteiger partial charge in [0.25, 0.3) is 11.5 Å². The Labute approximate surface area is 216 Å². The van der Waals surface area contributed by atoms with E-state index in [4.69, 9.17) is 9.47 Å². The maximum atomic E-state index is 13.6. The number of aromatic hydroxyl groups is 1. The van der Waals surface area contributed by atoms with Crippen LogP contribution >= 0.6 is 0 Å². The number of aromatic nitrogens is 1. The number of carbonyl (C=O) groups excluding carboxylic acids is 2. The van der Waals surface area contributed by atoms with Crippen molar-refractivity contribution in [1.29, 1.82) is 0 Å². The number of hydrogen-bond acceptors (Lipinski definition) is 6. The maximum absolute atomic E-state index is 13.6. The van der Waals surface area contributed by atoms with Crippen molar-refractivity contribution in [2.45, 2.75) is 51.9 Å². The van der Waals surface area contributed by atoms with E-state index in [1.54, 1.807) is 39.8 Å². The van der Waals surface area contributed by atoms with Crippen molar-refractivity contribution in [1.82, 2.24) is 9.88 Å². The monoisotopic (exact) mass is 532 g/mol. The number of nitrogens with zero attached hydrogens (tertiary/aromatic N) is 1. The number of hydrogen-bond donors (Lipinski definition) is 2. The Morgan fingerprint density at radius 3 is 2.42 bits per heavy atom. The van der Waals surface area contributed by atoms with Crippen molar-refractivity contribution < 1.29 is 37.3 Å². The van der Waals surface area contributed by atoms with Crippen LogP contribution in [0.5, 0.6) is 11.5 Å². The lowest BCUT2D eigenvalue weighted by atomic mass is 10.00. The summed E-state index contributed by atoms with van der Waals surface area (Å²) >= 11 is 0. The summed E-state index contributed by atoms with van der Waals surface area (Å²) in [5.74, 6) is -1.92.